The molecule has 1 saturated carbocycles. The molecule has 0 bridgehead atoms. The Hall–Kier alpha value is -1.45. The van der Waals surface area contributed by atoms with Crippen molar-refractivity contribution in [3.05, 3.63) is 28.2 Å². The average molecular weight is 234 g/mol. The third-order valence-electron chi connectivity index (χ3n) is 3.37. The van der Waals surface area contributed by atoms with Crippen LogP contribution < -0.4 is 5.56 Å². The van der Waals surface area contributed by atoms with Crippen molar-refractivity contribution < 1.29 is 4.79 Å². The molecule has 0 spiro atoms. The first-order valence-electron chi connectivity index (χ1n) is 6.24. The highest BCUT2D eigenvalue weighted by Crippen LogP contribution is 2.24. The van der Waals surface area contributed by atoms with E-state index in [0.717, 1.165) is 31.4 Å². The molecule has 1 aromatic heterocycles. The molecule has 0 saturated heterocycles. The predicted octanol–water partition coefficient (Wildman–Crippen LogP) is 1.70. The lowest BCUT2D eigenvalue weighted by Crippen LogP contribution is -2.30. The van der Waals surface area contributed by atoms with Crippen molar-refractivity contribution in [1.82, 2.24) is 9.78 Å². The average Bonchev–Trinajstić information content (AvgIpc) is 2.35. The van der Waals surface area contributed by atoms with E-state index in [1.165, 1.54) is 17.2 Å². The molecule has 1 aromatic rings. The number of aryl methyl sites for hydroxylation is 1. The summed E-state index contributed by atoms with van der Waals surface area (Å²) >= 11 is 0. The highest BCUT2D eigenvalue weighted by molar-refractivity contribution is 5.80. The largest absolute Gasteiger partial charge is 0.297 e. The minimum absolute atomic E-state index is 0.130. The number of Topliss-reactive ketones (excluding diaryl/α,β-unsaturated/α-hetero) is 1. The van der Waals surface area contributed by atoms with Crippen LogP contribution in [-0.4, -0.2) is 15.6 Å². The number of carbonyl (C=O) groups excluding carboxylic acids is 1. The van der Waals surface area contributed by atoms with Gasteiger partial charge in [0.25, 0.3) is 5.56 Å². The molecule has 92 valence electrons. The normalized spacial score (nSPS) is 17.0. The van der Waals surface area contributed by atoms with Crippen molar-refractivity contribution in [3.63, 3.8) is 0 Å². The van der Waals surface area contributed by atoms with Gasteiger partial charge >= 0.3 is 0 Å². The molecule has 4 nitrogen and oxygen atoms in total. The zero-order chi connectivity index (χ0) is 12.3. The summed E-state index contributed by atoms with van der Waals surface area (Å²) in [6.07, 6.45) is 5.43. The van der Waals surface area contributed by atoms with Gasteiger partial charge < -0.3 is 0 Å². The Morgan fingerprint density at radius 3 is 2.76 bits per heavy atom. The van der Waals surface area contributed by atoms with E-state index >= 15 is 0 Å². The van der Waals surface area contributed by atoms with Gasteiger partial charge in [-0.3, -0.25) is 9.59 Å². The summed E-state index contributed by atoms with van der Waals surface area (Å²) in [5.41, 5.74) is 0.570. The molecule has 1 aliphatic carbocycles. The van der Waals surface area contributed by atoms with Crippen LogP contribution in [-0.2, 0) is 11.3 Å². The van der Waals surface area contributed by atoms with E-state index in [1.807, 2.05) is 6.92 Å². The van der Waals surface area contributed by atoms with Crippen molar-refractivity contribution in [3.8, 4) is 0 Å². The van der Waals surface area contributed by atoms with Crippen LogP contribution in [0.15, 0.2) is 16.9 Å². The molecule has 1 fully saturated rings. The molecule has 0 radical (unpaired) electrons. The second-order valence-electron chi connectivity index (χ2n) is 4.77. The van der Waals surface area contributed by atoms with Gasteiger partial charge in [0.2, 0.25) is 0 Å². The van der Waals surface area contributed by atoms with E-state index in [4.69, 9.17) is 0 Å². The number of nitrogens with zero attached hydrogens (tertiary/aromatic N) is 2. The van der Waals surface area contributed by atoms with Crippen LogP contribution in [0.2, 0.25) is 0 Å². The first kappa shape index (κ1) is 12.0. The number of hydrogen-bond acceptors (Lipinski definition) is 3. The summed E-state index contributed by atoms with van der Waals surface area (Å²) in [5.74, 6) is 0.294. The van der Waals surface area contributed by atoms with Crippen LogP contribution in [0.25, 0.3) is 0 Å². The first-order chi connectivity index (χ1) is 8.16. The molecule has 0 N–H and O–H groups in total. The zero-order valence-electron chi connectivity index (χ0n) is 10.2. The topological polar surface area (TPSA) is 52.0 Å². The van der Waals surface area contributed by atoms with Gasteiger partial charge in [0.15, 0.2) is 5.78 Å². The van der Waals surface area contributed by atoms with E-state index in [-0.39, 0.29) is 23.8 Å². The van der Waals surface area contributed by atoms with Crippen LogP contribution in [0, 0.1) is 12.8 Å². The molecule has 0 unspecified atom stereocenters. The quantitative estimate of drug-likeness (QED) is 0.800. The molecule has 0 amide bonds. The number of aromatic nitrogens is 2. The molecule has 17 heavy (non-hydrogen) atoms. The third-order valence-corrected chi connectivity index (χ3v) is 3.37. The van der Waals surface area contributed by atoms with E-state index in [0.29, 0.717) is 0 Å². The van der Waals surface area contributed by atoms with Gasteiger partial charge in [0.1, 0.15) is 6.54 Å². The number of carbonyl (C=O) groups is 1. The molecule has 2 rings (SSSR count). The number of ketones is 1. The zero-order valence-corrected chi connectivity index (χ0v) is 10.2. The summed E-state index contributed by atoms with van der Waals surface area (Å²) in [6.45, 7) is 1.95. The lowest BCUT2D eigenvalue weighted by Gasteiger charge is -2.20. The van der Waals surface area contributed by atoms with Gasteiger partial charge in [-0.05, 0) is 25.8 Å². The Labute approximate surface area is 101 Å². The Kier molecular flexibility index (Phi) is 3.71. The minimum atomic E-state index is -0.195. The lowest BCUT2D eigenvalue weighted by atomic mass is 9.86. The maximum absolute atomic E-state index is 12.0. The van der Waals surface area contributed by atoms with Gasteiger partial charge in [-0.15, -0.1) is 0 Å². The third kappa shape index (κ3) is 3.02. The Balaban J connectivity index is 2.07. The second kappa shape index (κ2) is 5.25. The van der Waals surface area contributed by atoms with Crippen LogP contribution in [0.3, 0.4) is 0 Å². The van der Waals surface area contributed by atoms with Crippen LogP contribution in [0.5, 0.6) is 0 Å². The summed E-state index contributed by atoms with van der Waals surface area (Å²) < 4.78 is 1.28. The number of rotatable bonds is 3. The highest BCUT2D eigenvalue weighted by atomic mass is 16.1. The Morgan fingerprint density at radius 2 is 2.06 bits per heavy atom. The fourth-order valence-electron chi connectivity index (χ4n) is 2.37. The maximum Gasteiger partial charge on any atom is 0.267 e. The van der Waals surface area contributed by atoms with Gasteiger partial charge in [0.05, 0.1) is 5.69 Å². The van der Waals surface area contributed by atoms with E-state index in [2.05, 4.69) is 5.10 Å². The molecule has 1 aliphatic rings. The van der Waals surface area contributed by atoms with E-state index < -0.39 is 0 Å². The van der Waals surface area contributed by atoms with Crippen LogP contribution in [0.1, 0.15) is 37.8 Å². The Morgan fingerprint density at radius 1 is 1.35 bits per heavy atom. The van der Waals surface area contributed by atoms with Gasteiger partial charge in [-0.25, -0.2) is 4.68 Å². The lowest BCUT2D eigenvalue weighted by molar-refractivity contribution is -0.124. The smallest absolute Gasteiger partial charge is 0.267 e. The van der Waals surface area contributed by atoms with E-state index in [9.17, 15) is 9.59 Å². The van der Waals surface area contributed by atoms with E-state index in [1.54, 1.807) is 6.07 Å². The Bertz CT molecular complexity index is 459. The summed E-state index contributed by atoms with van der Waals surface area (Å²) in [5, 5.41) is 4.09. The van der Waals surface area contributed by atoms with Gasteiger partial charge in [0, 0.05) is 12.0 Å². The van der Waals surface area contributed by atoms with Crippen LogP contribution >= 0.6 is 0 Å². The molecular weight excluding hydrogens is 216 g/mol. The van der Waals surface area contributed by atoms with Crippen molar-refractivity contribution >= 4 is 5.78 Å². The molecule has 4 heteroatoms. The monoisotopic (exact) mass is 234 g/mol. The predicted molar refractivity (Wildman–Crippen MR) is 64.8 cm³/mol. The molecular formula is C13H18N2O2. The van der Waals surface area contributed by atoms with Crippen molar-refractivity contribution in [2.45, 2.75) is 45.6 Å². The first-order valence-corrected chi connectivity index (χ1v) is 6.24. The standard InChI is InChI=1S/C13H18N2O2/c1-10-7-8-13(17)15(14-10)9-12(16)11-5-3-2-4-6-11/h7-8,11H,2-6,9H2,1H3. The highest BCUT2D eigenvalue weighted by Gasteiger charge is 2.21. The van der Waals surface area contributed by atoms with Gasteiger partial charge in [-0.1, -0.05) is 19.3 Å². The summed E-state index contributed by atoms with van der Waals surface area (Å²) in [4.78, 5) is 23.6. The molecule has 0 aliphatic heterocycles. The van der Waals surface area contributed by atoms with Gasteiger partial charge in [-0.2, -0.15) is 5.10 Å². The second-order valence-corrected chi connectivity index (χ2v) is 4.77. The fourth-order valence-corrected chi connectivity index (χ4v) is 2.37. The summed E-state index contributed by atoms with van der Waals surface area (Å²) in [6, 6.07) is 3.14. The maximum atomic E-state index is 12.0. The minimum Gasteiger partial charge on any atom is -0.297 e. The SMILES string of the molecule is Cc1ccc(=O)n(CC(=O)C2CCCCC2)n1. The summed E-state index contributed by atoms with van der Waals surface area (Å²) in [7, 11) is 0. The molecule has 1 heterocycles. The number of hydrogen-bond donors (Lipinski definition) is 0. The van der Waals surface area contributed by atoms with Crippen molar-refractivity contribution in [2.75, 3.05) is 0 Å². The molecule has 0 aromatic carbocycles. The molecule has 0 atom stereocenters. The van der Waals surface area contributed by atoms with Crippen LogP contribution in [0.4, 0.5) is 0 Å². The van der Waals surface area contributed by atoms with Crippen molar-refractivity contribution in [1.29, 1.82) is 0 Å². The fraction of sp³-hybridized carbons (Fsp3) is 0.615. The van der Waals surface area contributed by atoms with Crippen molar-refractivity contribution in [2.24, 2.45) is 5.92 Å².